The van der Waals surface area contributed by atoms with E-state index in [-0.39, 0.29) is 5.91 Å². The third kappa shape index (κ3) is 2.83. The number of aromatic nitrogens is 3. The van der Waals surface area contributed by atoms with Gasteiger partial charge in [0.25, 0.3) is 5.91 Å². The predicted octanol–water partition coefficient (Wildman–Crippen LogP) is 2.39. The highest BCUT2D eigenvalue weighted by Crippen LogP contribution is 2.12. The van der Waals surface area contributed by atoms with E-state index in [1.54, 1.807) is 65.9 Å². The summed E-state index contributed by atoms with van der Waals surface area (Å²) in [5, 5.41) is 11.6. The Bertz CT molecular complexity index is 832. The highest BCUT2D eigenvalue weighted by atomic mass is 16.1. The van der Waals surface area contributed by atoms with Gasteiger partial charge in [-0.15, -0.1) is 0 Å². The van der Waals surface area contributed by atoms with Gasteiger partial charge in [0.1, 0.15) is 12.1 Å². The zero-order valence-corrected chi connectivity index (χ0v) is 11.5. The minimum atomic E-state index is -0.283. The largest absolute Gasteiger partial charge is 0.321 e. The molecule has 6 nitrogen and oxygen atoms in total. The quantitative estimate of drug-likeness (QED) is 0.802. The molecule has 1 N–H and O–H groups in total. The summed E-state index contributed by atoms with van der Waals surface area (Å²) in [6, 6.07) is 12.1. The lowest BCUT2D eigenvalue weighted by molar-refractivity contribution is 0.102. The number of carbonyl (C=O) groups is 1. The van der Waals surface area contributed by atoms with Crippen LogP contribution in [0, 0.1) is 11.3 Å². The van der Waals surface area contributed by atoms with Crippen LogP contribution in [0.2, 0.25) is 0 Å². The van der Waals surface area contributed by atoms with Crippen LogP contribution in [0.4, 0.5) is 5.69 Å². The monoisotopic (exact) mass is 289 g/mol. The van der Waals surface area contributed by atoms with E-state index in [0.29, 0.717) is 22.6 Å². The second-order valence-electron chi connectivity index (χ2n) is 4.52. The zero-order valence-electron chi connectivity index (χ0n) is 11.5. The number of nitrogens with zero attached hydrogens (tertiary/aromatic N) is 4. The fraction of sp³-hybridized carbons (Fsp3) is 0. The summed E-state index contributed by atoms with van der Waals surface area (Å²) in [6.45, 7) is 0. The van der Waals surface area contributed by atoms with E-state index in [0.717, 1.165) is 0 Å². The second-order valence-corrected chi connectivity index (χ2v) is 4.52. The Morgan fingerprint density at radius 3 is 2.86 bits per heavy atom. The van der Waals surface area contributed by atoms with Gasteiger partial charge in [-0.1, -0.05) is 6.07 Å². The predicted molar refractivity (Wildman–Crippen MR) is 80.5 cm³/mol. The van der Waals surface area contributed by atoms with Gasteiger partial charge in [-0.3, -0.25) is 9.36 Å². The molecule has 106 valence electrons. The van der Waals surface area contributed by atoms with Crippen molar-refractivity contribution in [2.75, 3.05) is 5.32 Å². The molecule has 1 amide bonds. The maximum atomic E-state index is 12.1. The first-order chi connectivity index (χ1) is 10.8. The molecule has 2 aromatic heterocycles. The normalized spacial score (nSPS) is 9.95. The molecule has 3 aromatic rings. The molecule has 0 aliphatic heterocycles. The number of pyridine rings is 1. The van der Waals surface area contributed by atoms with Crippen LogP contribution in [0.3, 0.4) is 0 Å². The first-order valence-electron chi connectivity index (χ1n) is 6.52. The topological polar surface area (TPSA) is 83.6 Å². The van der Waals surface area contributed by atoms with Crippen LogP contribution in [0.15, 0.2) is 61.3 Å². The molecule has 6 heteroatoms. The Kier molecular flexibility index (Phi) is 3.62. The van der Waals surface area contributed by atoms with Crippen molar-refractivity contribution < 1.29 is 4.79 Å². The van der Waals surface area contributed by atoms with Crippen LogP contribution in [0.25, 0.3) is 5.82 Å². The maximum Gasteiger partial charge on any atom is 0.255 e. The molecule has 1 aromatic carbocycles. The fourth-order valence-corrected chi connectivity index (χ4v) is 1.94. The average molecular weight is 289 g/mol. The van der Waals surface area contributed by atoms with E-state index in [9.17, 15) is 4.79 Å². The van der Waals surface area contributed by atoms with Crippen LogP contribution in [0.1, 0.15) is 15.9 Å². The van der Waals surface area contributed by atoms with Crippen molar-refractivity contribution in [2.45, 2.75) is 0 Å². The smallest absolute Gasteiger partial charge is 0.255 e. The SMILES string of the molecule is N#Cc1cccc(C(=O)Nc2ccc(-n3ccnc3)nc2)c1. The molecule has 0 spiro atoms. The van der Waals surface area contributed by atoms with Gasteiger partial charge in [0, 0.05) is 18.0 Å². The average Bonchev–Trinajstić information content (AvgIpc) is 3.10. The third-order valence-electron chi connectivity index (χ3n) is 3.03. The van der Waals surface area contributed by atoms with Gasteiger partial charge in [0.15, 0.2) is 0 Å². The van der Waals surface area contributed by atoms with Gasteiger partial charge < -0.3 is 5.32 Å². The Balaban J connectivity index is 1.75. The summed E-state index contributed by atoms with van der Waals surface area (Å²) >= 11 is 0. The van der Waals surface area contributed by atoms with E-state index in [1.807, 2.05) is 6.07 Å². The highest BCUT2D eigenvalue weighted by molar-refractivity contribution is 6.04. The first kappa shape index (κ1) is 13.5. The van der Waals surface area contributed by atoms with Crippen molar-refractivity contribution in [3.05, 3.63) is 72.4 Å². The number of nitrogens with one attached hydrogen (secondary N) is 1. The lowest BCUT2D eigenvalue weighted by atomic mass is 10.1. The van der Waals surface area contributed by atoms with Crippen molar-refractivity contribution in [1.29, 1.82) is 5.26 Å². The third-order valence-corrected chi connectivity index (χ3v) is 3.03. The Labute approximate surface area is 126 Å². The van der Waals surface area contributed by atoms with Crippen molar-refractivity contribution >= 4 is 11.6 Å². The van der Waals surface area contributed by atoms with E-state index < -0.39 is 0 Å². The molecule has 0 bridgehead atoms. The summed E-state index contributed by atoms with van der Waals surface area (Å²) in [6.07, 6.45) is 6.67. The number of benzene rings is 1. The molecule has 22 heavy (non-hydrogen) atoms. The van der Waals surface area contributed by atoms with Gasteiger partial charge in [-0.25, -0.2) is 9.97 Å². The van der Waals surface area contributed by atoms with Crippen molar-refractivity contribution in [3.63, 3.8) is 0 Å². The number of anilines is 1. The van der Waals surface area contributed by atoms with Crippen LogP contribution in [0.5, 0.6) is 0 Å². The van der Waals surface area contributed by atoms with E-state index in [2.05, 4.69) is 15.3 Å². The molecular formula is C16H11N5O. The molecule has 0 unspecified atom stereocenters. The number of imidazole rings is 1. The van der Waals surface area contributed by atoms with Crippen molar-refractivity contribution in [1.82, 2.24) is 14.5 Å². The lowest BCUT2D eigenvalue weighted by Crippen LogP contribution is -2.12. The molecule has 0 atom stereocenters. The zero-order chi connectivity index (χ0) is 15.4. The van der Waals surface area contributed by atoms with Crippen LogP contribution in [-0.4, -0.2) is 20.4 Å². The van der Waals surface area contributed by atoms with Gasteiger partial charge in [0.05, 0.1) is 23.5 Å². The Morgan fingerprint density at radius 2 is 2.18 bits per heavy atom. The van der Waals surface area contributed by atoms with Gasteiger partial charge in [0.2, 0.25) is 0 Å². The van der Waals surface area contributed by atoms with Gasteiger partial charge >= 0.3 is 0 Å². The standard InChI is InChI=1S/C16H11N5O/c17-9-12-2-1-3-13(8-12)16(22)20-14-4-5-15(19-10-14)21-7-6-18-11-21/h1-8,10-11H,(H,20,22). The van der Waals surface area contributed by atoms with E-state index in [4.69, 9.17) is 5.26 Å². The van der Waals surface area contributed by atoms with E-state index in [1.165, 1.54) is 0 Å². The molecule has 0 radical (unpaired) electrons. The molecular weight excluding hydrogens is 278 g/mol. The van der Waals surface area contributed by atoms with Crippen molar-refractivity contribution in [2.24, 2.45) is 0 Å². The second kappa shape index (κ2) is 5.89. The summed E-state index contributed by atoms with van der Waals surface area (Å²) < 4.78 is 1.77. The van der Waals surface area contributed by atoms with E-state index >= 15 is 0 Å². The molecule has 0 saturated heterocycles. The number of carbonyl (C=O) groups excluding carboxylic acids is 1. The van der Waals surface area contributed by atoms with Gasteiger partial charge in [-0.05, 0) is 30.3 Å². The minimum absolute atomic E-state index is 0.283. The molecule has 2 heterocycles. The summed E-state index contributed by atoms with van der Waals surface area (Å²) in [4.78, 5) is 20.3. The summed E-state index contributed by atoms with van der Waals surface area (Å²) in [5.74, 6) is 0.427. The summed E-state index contributed by atoms with van der Waals surface area (Å²) in [7, 11) is 0. The number of amides is 1. The number of hydrogen-bond donors (Lipinski definition) is 1. The highest BCUT2D eigenvalue weighted by Gasteiger charge is 2.07. The summed E-state index contributed by atoms with van der Waals surface area (Å²) in [5.41, 5.74) is 1.45. The van der Waals surface area contributed by atoms with Crippen LogP contribution < -0.4 is 5.32 Å². The number of nitriles is 1. The minimum Gasteiger partial charge on any atom is -0.321 e. The fourth-order valence-electron chi connectivity index (χ4n) is 1.94. The number of hydrogen-bond acceptors (Lipinski definition) is 4. The van der Waals surface area contributed by atoms with Crippen molar-refractivity contribution in [3.8, 4) is 11.9 Å². The van der Waals surface area contributed by atoms with Crippen LogP contribution >= 0.6 is 0 Å². The molecule has 0 saturated carbocycles. The molecule has 0 aliphatic carbocycles. The number of rotatable bonds is 3. The van der Waals surface area contributed by atoms with Crippen LogP contribution in [-0.2, 0) is 0 Å². The maximum absolute atomic E-state index is 12.1. The molecule has 0 fully saturated rings. The molecule has 0 aliphatic rings. The molecule has 3 rings (SSSR count). The first-order valence-corrected chi connectivity index (χ1v) is 6.52. The lowest BCUT2D eigenvalue weighted by Gasteiger charge is -2.06. The Morgan fingerprint density at radius 1 is 1.27 bits per heavy atom. The Hall–Kier alpha value is -3.46. The van der Waals surface area contributed by atoms with Gasteiger partial charge in [-0.2, -0.15) is 5.26 Å².